The van der Waals surface area contributed by atoms with Crippen LogP contribution >= 0.6 is 0 Å². The highest BCUT2D eigenvalue weighted by Crippen LogP contribution is 2.22. The molecule has 0 unspecified atom stereocenters. The number of sulfonamides is 1. The number of amides is 1. The molecule has 2 aliphatic rings. The van der Waals surface area contributed by atoms with Gasteiger partial charge in [-0.05, 0) is 57.0 Å². The zero-order chi connectivity index (χ0) is 26.9. The van der Waals surface area contributed by atoms with Gasteiger partial charge in [0, 0.05) is 52.2 Å². The number of nitrogens with zero attached hydrogens (tertiary/aromatic N) is 3. The minimum atomic E-state index is -5.08. The molecule has 3 rings (SSSR count). The third kappa shape index (κ3) is 9.02. The number of rotatable bonds is 8. The van der Waals surface area contributed by atoms with Gasteiger partial charge in [-0.25, -0.2) is 13.2 Å². The number of nitrogens with one attached hydrogen (secondary N) is 1. The molecule has 1 aromatic carbocycles. The lowest BCUT2D eigenvalue weighted by Gasteiger charge is -2.29. The Balaban J connectivity index is 0.000000572. The Kier molecular flexibility index (Phi) is 11.1. The number of carbonyl (C=O) groups excluding carboxylic acids is 1. The Morgan fingerprint density at radius 2 is 1.64 bits per heavy atom. The quantitative estimate of drug-likeness (QED) is 0.522. The number of benzene rings is 1. The molecule has 0 saturated carbocycles. The van der Waals surface area contributed by atoms with Crippen LogP contribution in [0.25, 0.3) is 0 Å². The minimum Gasteiger partial charge on any atom is -0.475 e. The van der Waals surface area contributed by atoms with Crippen LogP contribution in [0.4, 0.5) is 13.2 Å². The number of carboxylic acid groups (broad SMARTS) is 1. The number of alkyl halides is 3. The van der Waals surface area contributed by atoms with Crippen LogP contribution in [0.2, 0.25) is 0 Å². The van der Waals surface area contributed by atoms with E-state index in [-0.39, 0.29) is 18.9 Å². The summed E-state index contributed by atoms with van der Waals surface area (Å²) in [6, 6.07) is 5.52. The number of aliphatic carboxylic acids is 1. The summed E-state index contributed by atoms with van der Waals surface area (Å²) < 4.78 is 60.2. The lowest BCUT2D eigenvalue weighted by Crippen LogP contribution is -2.47. The normalized spacial score (nSPS) is 17.1. The fraction of sp³-hybridized carbons (Fsp3) is 0.652. The monoisotopic (exact) mass is 536 g/mol. The van der Waals surface area contributed by atoms with Gasteiger partial charge in [-0.15, -0.1) is 0 Å². The number of hydrogen-bond donors (Lipinski definition) is 2. The van der Waals surface area contributed by atoms with Crippen LogP contribution in [0.3, 0.4) is 0 Å². The number of carbonyl (C=O) groups is 2. The van der Waals surface area contributed by atoms with E-state index in [1.807, 2.05) is 30.9 Å². The number of likely N-dealkylation sites (tertiary alicyclic amines) is 1. The van der Waals surface area contributed by atoms with Gasteiger partial charge in [0.15, 0.2) is 0 Å². The second-order valence-corrected chi connectivity index (χ2v) is 10.8. The van der Waals surface area contributed by atoms with Gasteiger partial charge in [0.1, 0.15) is 0 Å². The van der Waals surface area contributed by atoms with E-state index in [0.717, 1.165) is 37.3 Å². The zero-order valence-corrected chi connectivity index (χ0v) is 21.5. The molecule has 2 N–H and O–H groups in total. The summed E-state index contributed by atoms with van der Waals surface area (Å²) in [6.07, 6.45) is -2.51. The highest BCUT2D eigenvalue weighted by molar-refractivity contribution is 7.89. The Morgan fingerprint density at radius 1 is 1.06 bits per heavy atom. The van der Waals surface area contributed by atoms with E-state index in [0.29, 0.717) is 31.1 Å². The van der Waals surface area contributed by atoms with Crippen molar-refractivity contribution in [3.05, 3.63) is 29.3 Å². The van der Waals surface area contributed by atoms with Crippen molar-refractivity contribution in [1.29, 1.82) is 0 Å². The van der Waals surface area contributed by atoms with Crippen molar-refractivity contribution in [3.63, 3.8) is 0 Å². The third-order valence-electron chi connectivity index (χ3n) is 6.11. The van der Waals surface area contributed by atoms with Gasteiger partial charge in [0.05, 0.1) is 4.90 Å². The molecule has 2 aliphatic heterocycles. The first-order valence-electron chi connectivity index (χ1n) is 11.9. The van der Waals surface area contributed by atoms with Gasteiger partial charge in [-0.2, -0.15) is 17.5 Å². The molecule has 0 aromatic heterocycles. The van der Waals surface area contributed by atoms with Crippen LogP contribution in [-0.4, -0.2) is 105 Å². The van der Waals surface area contributed by atoms with Crippen molar-refractivity contribution in [2.75, 3.05) is 58.9 Å². The van der Waals surface area contributed by atoms with Crippen LogP contribution in [0.15, 0.2) is 23.1 Å². The molecule has 2 heterocycles. The molecule has 204 valence electrons. The Labute approximate surface area is 210 Å². The standard InChI is InChI=1S/C21H34N4O3S.C2HF3O2/c1-18-5-6-19(2)20(17-18)29(27,28)25(16-15-23-10-3-4-11-23)12-7-21(26)24-13-8-22-9-14-24;3-2(4,5)1(6)7/h5-6,17,22H,3-4,7-16H2,1-2H3;(H,6,7). The second-order valence-electron chi connectivity index (χ2n) is 8.91. The predicted molar refractivity (Wildman–Crippen MR) is 128 cm³/mol. The SMILES string of the molecule is Cc1ccc(C)c(S(=O)(=O)N(CCC(=O)N2CCNCC2)CCN2CCCC2)c1.O=C(O)C(F)(F)F. The lowest BCUT2D eigenvalue weighted by atomic mass is 10.2. The molecule has 1 amide bonds. The first kappa shape index (κ1) is 30.0. The van der Waals surface area contributed by atoms with Crippen LogP contribution in [0.1, 0.15) is 30.4 Å². The number of aryl methyl sites for hydroxylation is 2. The maximum absolute atomic E-state index is 13.5. The number of hydrogen-bond acceptors (Lipinski definition) is 6. The van der Waals surface area contributed by atoms with E-state index in [9.17, 15) is 26.4 Å². The number of halogens is 3. The molecule has 0 radical (unpaired) electrons. The van der Waals surface area contributed by atoms with E-state index in [2.05, 4.69) is 10.2 Å². The number of carboxylic acids is 1. The van der Waals surface area contributed by atoms with Crippen molar-refractivity contribution < 1.29 is 36.3 Å². The van der Waals surface area contributed by atoms with Crippen molar-refractivity contribution in [1.82, 2.24) is 19.4 Å². The van der Waals surface area contributed by atoms with Crippen molar-refractivity contribution in [3.8, 4) is 0 Å². The fourth-order valence-corrected chi connectivity index (χ4v) is 5.77. The smallest absolute Gasteiger partial charge is 0.475 e. The van der Waals surface area contributed by atoms with Crippen LogP contribution in [-0.2, 0) is 19.6 Å². The lowest BCUT2D eigenvalue weighted by molar-refractivity contribution is -0.192. The van der Waals surface area contributed by atoms with E-state index >= 15 is 0 Å². The molecule has 2 fully saturated rings. The third-order valence-corrected chi connectivity index (χ3v) is 8.15. The zero-order valence-electron chi connectivity index (χ0n) is 20.7. The molecule has 0 spiro atoms. The molecule has 0 aliphatic carbocycles. The largest absolute Gasteiger partial charge is 0.490 e. The molecular formula is C23H35F3N4O5S. The van der Waals surface area contributed by atoms with Gasteiger partial charge >= 0.3 is 12.1 Å². The fourth-order valence-electron chi connectivity index (χ4n) is 4.03. The van der Waals surface area contributed by atoms with Gasteiger partial charge in [-0.1, -0.05) is 12.1 Å². The average Bonchev–Trinajstić information content (AvgIpc) is 3.34. The molecular weight excluding hydrogens is 501 g/mol. The summed E-state index contributed by atoms with van der Waals surface area (Å²) in [7, 11) is -3.65. The molecule has 13 heteroatoms. The van der Waals surface area contributed by atoms with E-state index in [1.165, 1.54) is 17.1 Å². The number of piperazine rings is 1. The Morgan fingerprint density at radius 3 is 2.19 bits per heavy atom. The maximum atomic E-state index is 13.5. The highest BCUT2D eigenvalue weighted by Gasteiger charge is 2.38. The molecule has 9 nitrogen and oxygen atoms in total. The maximum Gasteiger partial charge on any atom is 0.490 e. The summed E-state index contributed by atoms with van der Waals surface area (Å²) in [5, 5.41) is 10.4. The van der Waals surface area contributed by atoms with Gasteiger partial charge in [0.25, 0.3) is 0 Å². The van der Waals surface area contributed by atoms with Crippen LogP contribution < -0.4 is 5.32 Å². The van der Waals surface area contributed by atoms with Crippen molar-refractivity contribution >= 4 is 21.9 Å². The molecule has 0 atom stereocenters. The van der Waals surface area contributed by atoms with E-state index < -0.39 is 22.2 Å². The van der Waals surface area contributed by atoms with Crippen LogP contribution in [0.5, 0.6) is 0 Å². The molecule has 2 saturated heterocycles. The average molecular weight is 537 g/mol. The first-order valence-corrected chi connectivity index (χ1v) is 13.3. The van der Waals surface area contributed by atoms with Gasteiger partial charge in [0.2, 0.25) is 15.9 Å². The first-order chi connectivity index (χ1) is 16.8. The molecule has 36 heavy (non-hydrogen) atoms. The molecule has 1 aromatic rings. The van der Waals surface area contributed by atoms with E-state index in [1.54, 1.807) is 6.07 Å². The summed E-state index contributed by atoms with van der Waals surface area (Å²) in [5.74, 6) is -2.72. The highest BCUT2D eigenvalue weighted by atomic mass is 32.2. The Bertz CT molecular complexity index is 992. The van der Waals surface area contributed by atoms with Crippen molar-refractivity contribution in [2.24, 2.45) is 0 Å². The van der Waals surface area contributed by atoms with Gasteiger partial charge in [-0.3, -0.25) is 4.79 Å². The van der Waals surface area contributed by atoms with Crippen molar-refractivity contribution in [2.45, 2.75) is 44.2 Å². The molecule has 0 bridgehead atoms. The summed E-state index contributed by atoms with van der Waals surface area (Å²) in [5.41, 5.74) is 1.67. The second kappa shape index (κ2) is 13.4. The summed E-state index contributed by atoms with van der Waals surface area (Å²) in [4.78, 5) is 26.0. The predicted octanol–water partition coefficient (Wildman–Crippen LogP) is 1.85. The Hall–Kier alpha value is -2.22. The van der Waals surface area contributed by atoms with E-state index in [4.69, 9.17) is 9.90 Å². The minimum absolute atomic E-state index is 0.0360. The van der Waals surface area contributed by atoms with Crippen LogP contribution in [0, 0.1) is 13.8 Å². The summed E-state index contributed by atoms with van der Waals surface area (Å²) in [6.45, 7) is 10.1. The summed E-state index contributed by atoms with van der Waals surface area (Å²) >= 11 is 0. The topological polar surface area (TPSA) is 110 Å². The van der Waals surface area contributed by atoms with Gasteiger partial charge < -0.3 is 20.2 Å².